The van der Waals surface area contributed by atoms with Gasteiger partial charge >= 0.3 is 0 Å². The molecule has 0 amide bonds. The van der Waals surface area contributed by atoms with Gasteiger partial charge in [-0.2, -0.15) is 0 Å². The van der Waals surface area contributed by atoms with E-state index in [1.807, 2.05) is 0 Å². The van der Waals surface area contributed by atoms with Crippen molar-refractivity contribution in [1.82, 2.24) is 15.0 Å². The van der Waals surface area contributed by atoms with Crippen LogP contribution in [0.1, 0.15) is 0 Å². The minimum Gasteiger partial charge on any atom is -0.262 e. The number of halogens is 2. The molecule has 2 aromatic carbocycles. The number of hydrogen-bond acceptors (Lipinski definition) is 3. The first kappa shape index (κ1) is 14.4. The molecule has 116 valence electrons. The first-order chi connectivity index (χ1) is 11.7. The number of rotatable bonds is 2. The Morgan fingerprint density at radius 2 is 1.25 bits per heavy atom. The average Bonchev–Trinajstić information content (AvgIpc) is 2.60. The number of pyridine rings is 1. The van der Waals surface area contributed by atoms with Gasteiger partial charge in [-0.15, -0.1) is 0 Å². The molecule has 0 atom stereocenters. The fraction of sp³-hybridized carbons (Fsp3) is 0. The molecule has 0 fully saturated rings. The summed E-state index contributed by atoms with van der Waals surface area (Å²) in [7, 11) is 0. The standard InChI is InChI=1S/C19H11F2N3/c20-14-5-1-3-12(9-14)18-19(13-4-2-6-15(21)10-13)24-17-11-22-8-7-16(17)23-18/h1-11H. The quantitative estimate of drug-likeness (QED) is 0.540. The van der Waals surface area contributed by atoms with Crippen LogP contribution in [0.3, 0.4) is 0 Å². The van der Waals surface area contributed by atoms with E-state index >= 15 is 0 Å². The molecule has 4 aromatic rings. The van der Waals surface area contributed by atoms with Crippen LogP contribution in [0.25, 0.3) is 33.5 Å². The van der Waals surface area contributed by atoms with Gasteiger partial charge in [0.1, 0.15) is 17.2 Å². The van der Waals surface area contributed by atoms with Crippen LogP contribution in [0.4, 0.5) is 8.78 Å². The van der Waals surface area contributed by atoms with E-state index in [-0.39, 0.29) is 11.6 Å². The molecule has 0 aliphatic carbocycles. The van der Waals surface area contributed by atoms with Gasteiger partial charge in [0.05, 0.1) is 23.1 Å². The molecule has 0 unspecified atom stereocenters. The third-order valence-electron chi connectivity index (χ3n) is 3.66. The Balaban J connectivity index is 2.04. The maximum Gasteiger partial charge on any atom is 0.123 e. The summed E-state index contributed by atoms with van der Waals surface area (Å²) < 4.78 is 27.3. The molecule has 3 nitrogen and oxygen atoms in total. The Morgan fingerprint density at radius 3 is 1.83 bits per heavy atom. The van der Waals surface area contributed by atoms with Crippen molar-refractivity contribution in [2.75, 3.05) is 0 Å². The van der Waals surface area contributed by atoms with Crippen molar-refractivity contribution < 1.29 is 8.78 Å². The highest BCUT2D eigenvalue weighted by atomic mass is 19.1. The summed E-state index contributed by atoms with van der Waals surface area (Å²) in [6.07, 6.45) is 3.22. The monoisotopic (exact) mass is 319 g/mol. The molecular formula is C19H11F2N3. The maximum absolute atomic E-state index is 13.6. The molecule has 0 saturated carbocycles. The van der Waals surface area contributed by atoms with Gasteiger partial charge in [0.2, 0.25) is 0 Å². The van der Waals surface area contributed by atoms with Gasteiger partial charge in [-0.05, 0) is 30.3 Å². The summed E-state index contributed by atoms with van der Waals surface area (Å²) in [6, 6.07) is 14.0. The van der Waals surface area contributed by atoms with Gasteiger partial charge in [0, 0.05) is 17.3 Å². The highest BCUT2D eigenvalue weighted by Gasteiger charge is 2.14. The summed E-state index contributed by atoms with van der Waals surface area (Å²) >= 11 is 0. The second-order valence-electron chi connectivity index (χ2n) is 5.31. The van der Waals surface area contributed by atoms with Crippen LogP contribution in [0, 0.1) is 11.6 Å². The molecule has 0 bridgehead atoms. The second kappa shape index (κ2) is 5.77. The van der Waals surface area contributed by atoms with E-state index in [0.717, 1.165) is 0 Å². The number of benzene rings is 2. The van der Waals surface area contributed by atoms with E-state index in [1.165, 1.54) is 24.3 Å². The summed E-state index contributed by atoms with van der Waals surface area (Å²) in [4.78, 5) is 13.2. The van der Waals surface area contributed by atoms with Crippen LogP contribution in [0.2, 0.25) is 0 Å². The Morgan fingerprint density at radius 1 is 0.667 bits per heavy atom. The molecule has 0 radical (unpaired) electrons. The maximum atomic E-state index is 13.6. The smallest absolute Gasteiger partial charge is 0.123 e. The van der Waals surface area contributed by atoms with Crippen molar-refractivity contribution in [3.8, 4) is 22.5 Å². The van der Waals surface area contributed by atoms with Gasteiger partial charge in [-0.25, -0.2) is 18.7 Å². The van der Waals surface area contributed by atoms with Gasteiger partial charge in [0.15, 0.2) is 0 Å². The Hall–Kier alpha value is -3.21. The lowest BCUT2D eigenvalue weighted by atomic mass is 10.0. The summed E-state index contributed by atoms with van der Waals surface area (Å²) in [6.45, 7) is 0. The van der Waals surface area contributed by atoms with Crippen LogP contribution in [-0.2, 0) is 0 Å². The molecule has 0 N–H and O–H groups in total. The van der Waals surface area contributed by atoms with E-state index in [0.29, 0.717) is 33.5 Å². The van der Waals surface area contributed by atoms with Gasteiger partial charge in [-0.1, -0.05) is 24.3 Å². The summed E-state index contributed by atoms with van der Waals surface area (Å²) in [5.41, 5.74) is 3.38. The molecule has 0 spiro atoms. The van der Waals surface area contributed by atoms with E-state index in [9.17, 15) is 8.78 Å². The van der Waals surface area contributed by atoms with Crippen molar-refractivity contribution in [3.05, 3.63) is 78.6 Å². The van der Waals surface area contributed by atoms with Crippen LogP contribution >= 0.6 is 0 Å². The zero-order valence-corrected chi connectivity index (χ0v) is 12.4. The minimum absolute atomic E-state index is 0.366. The topological polar surface area (TPSA) is 38.7 Å². The van der Waals surface area contributed by atoms with Gasteiger partial charge in [0.25, 0.3) is 0 Å². The fourth-order valence-corrected chi connectivity index (χ4v) is 2.58. The number of fused-ring (bicyclic) bond motifs is 1. The zero-order valence-electron chi connectivity index (χ0n) is 12.4. The van der Waals surface area contributed by atoms with Gasteiger partial charge in [-0.3, -0.25) is 4.98 Å². The highest BCUT2D eigenvalue weighted by molar-refractivity contribution is 5.85. The summed E-state index contributed by atoms with van der Waals surface area (Å²) in [5, 5.41) is 0. The van der Waals surface area contributed by atoms with Crippen LogP contribution in [0.15, 0.2) is 67.0 Å². The first-order valence-electron chi connectivity index (χ1n) is 7.34. The van der Waals surface area contributed by atoms with Crippen molar-refractivity contribution in [1.29, 1.82) is 0 Å². The lowest BCUT2D eigenvalue weighted by Crippen LogP contribution is -1.96. The molecule has 0 saturated heterocycles. The van der Waals surface area contributed by atoms with Crippen LogP contribution in [-0.4, -0.2) is 15.0 Å². The Labute approximate surface area is 136 Å². The van der Waals surface area contributed by atoms with Crippen LogP contribution < -0.4 is 0 Å². The normalized spacial score (nSPS) is 10.9. The van der Waals surface area contributed by atoms with Crippen molar-refractivity contribution in [2.24, 2.45) is 0 Å². The third kappa shape index (κ3) is 2.60. The number of hydrogen-bond donors (Lipinski definition) is 0. The predicted octanol–water partition coefficient (Wildman–Crippen LogP) is 4.64. The van der Waals surface area contributed by atoms with E-state index in [4.69, 9.17) is 0 Å². The van der Waals surface area contributed by atoms with E-state index in [1.54, 1.807) is 42.7 Å². The summed E-state index contributed by atoms with van der Waals surface area (Å²) in [5.74, 6) is -0.736. The fourth-order valence-electron chi connectivity index (χ4n) is 2.58. The molecule has 4 rings (SSSR count). The molecule has 24 heavy (non-hydrogen) atoms. The molecule has 5 heteroatoms. The van der Waals surface area contributed by atoms with E-state index in [2.05, 4.69) is 15.0 Å². The van der Waals surface area contributed by atoms with E-state index < -0.39 is 0 Å². The third-order valence-corrected chi connectivity index (χ3v) is 3.66. The van der Waals surface area contributed by atoms with Crippen molar-refractivity contribution >= 4 is 11.0 Å². The van der Waals surface area contributed by atoms with Crippen molar-refractivity contribution in [2.45, 2.75) is 0 Å². The lowest BCUT2D eigenvalue weighted by Gasteiger charge is -2.10. The SMILES string of the molecule is Fc1cccc(-c2nc3ccncc3nc2-c2cccc(F)c2)c1. The number of aromatic nitrogens is 3. The second-order valence-corrected chi connectivity index (χ2v) is 5.31. The molecule has 2 aromatic heterocycles. The highest BCUT2D eigenvalue weighted by Crippen LogP contribution is 2.31. The molecule has 2 heterocycles. The lowest BCUT2D eigenvalue weighted by molar-refractivity contribution is 0.627. The Kier molecular flexibility index (Phi) is 3.46. The molecule has 0 aliphatic rings. The minimum atomic E-state index is -0.370. The van der Waals surface area contributed by atoms with Gasteiger partial charge < -0.3 is 0 Å². The largest absolute Gasteiger partial charge is 0.262 e. The Bertz CT molecular complexity index is 963. The van der Waals surface area contributed by atoms with Crippen LogP contribution in [0.5, 0.6) is 0 Å². The average molecular weight is 319 g/mol. The zero-order chi connectivity index (χ0) is 16.5. The molecular weight excluding hydrogens is 308 g/mol. The number of nitrogens with zero attached hydrogens (tertiary/aromatic N) is 3. The van der Waals surface area contributed by atoms with Crippen molar-refractivity contribution in [3.63, 3.8) is 0 Å². The molecule has 0 aliphatic heterocycles. The predicted molar refractivity (Wildman–Crippen MR) is 88.1 cm³/mol. The first-order valence-corrected chi connectivity index (χ1v) is 7.34.